The summed E-state index contributed by atoms with van der Waals surface area (Å²) in [7, 11) is 1.74. The first-order chi connectivity index (χ1) is 7.40. The number of rotatable bonds is 2. The second-order valence-corrected chi connectivity index (χ2v) is 4.74. The molecule has 0 unspecified atom stereocenters. The zero-order valence-corrected chi connectivity index (χ0v) is 13.3. The van der Waals surface area contributed by atoms with Gasteiger partial charge >= 0.3 is 0 Å². The molecule has 0 aliphatic rings. The molecular formula is C11H21IN4O. The normalized spacial score (nSPS) is 11.9. The average molecular weight is 352 g/mol. The quantitative estimate of drug-likeness (QED) is 0.486. The maximum absolute atomic E-state index is 5.09. The molecule has 98 valence electrons. The topological polar surface area (TPSA) is 62.5 Å². The summed E-state index contributed by atoms with van der Waals surface area (Å²) < 4.78 is 5.09. The molecule has 5 nitrogen and oxygen atoms in total. The van der Waals surface area contributed by atoms with Gasteiger partial charge in [-0.1, -0.05) is 5.16 Å². The lowest BCUT2D eigenvalue weighted by molar-refractivity contribution is 0.375. The van der Waals surface area contributed by atoms with Gasteiger partial charge in [-0.25, -0.2) is 0 Å². The fourth-order valence-corrected chi connectivity index (χ4v) is 1.20. The van der Waals surface area contributed by atoms with Gasteiger partial charge in [0.05, 0.1) is 12.2 Å². The number of aromatic nitrogens is 1. The highest BCUT2D eigenvalue weighted by molar-refractivity contribution is 14.0. The van der Waals surface area contributed by atoms with E-state index < -0.39 is 0 Å². The third kappa shape index (κ3) is 6.50. The SMILES string of the molecule is CN=C(NCc1cc(C)no1)NC(C)(C)C.I. The minimum atomic E-state index is -0.0147. The largest absolute Gasteiger partial charge is 0.359 e. The molecule has 0 radical (unpaired) electrons. The molecule has 1 aromatic rings. The van der Waals surface area contributed by atoms with Crippen molar-refractivity contribution in [2.24, 2.45) is 4.99 Å². The zero-order valence-electron chi connectivity index (χ0n) is 11.0. The summed E-state index contributed by atoms with van der Waals surface area (Å²) >= 11 is 0. The molecule has 0 aliphatic heterocycles. The molecule has 0 amide bonds. The third-order valence-corrected chi connectivity index (χ3v) is 1.82. The Kier molecular flexibility index (Phi) is 6.51. The molecule has 0 spiro atoms. The van der Waals surface area contributed by atoms with Crippen LogP contribution in [0.15, 0.2) is 15.6 Å². The Bertz CT molecular complexity index is 368. The van der Waals surface area contributed by atoms with Gasteiger partial charge in [-0.05, 0) is 27.7 Å². The number of guanidine groups is 1. The van der Waals surface area contributed by atoms with Gasteiger partial charge in [0.15, 0.2) is 11.7 Å². The lowest BCUT2D eigenvalue weighted by Gasteiger charge is -2.23. The van der Waals surface area contributed by atoms with Crippen LogP contribution in [0.5, 0.6) is 0 Å². The van der Waals surface area contributed by atoms with Crippen molar-refractivity contribution < 1.29 is 4.52 Å². The van der Waals surface area contributed by atoms with Crippen LogP contribution in [0.2, 0.25) is 0 Å². The number of nitrogens with one attached hydrogen (secondary N) is 2. The van der Waals surface area contributed by atoms with Crippen LogP contribution in [0.4, 0.5) is 0 Å². The highest BCUT2D eigenvalue weighted by Gasteiger charge is 2.11. The zero-order chi connectivity index (χ0) is 12.2. The van der Waals surface area contributed by atoms with Crippen LogP contribution in [0.3, 0.4) is 0 Å². The van der Waals surface area contributed by atoms with Crippen molar-refractivity contribution >= 4 is 29.9 Å². The smallest absolute Gasteiger partial charge is 0.191 e. The first-order valence-electron chi connectivity index (χ1n) is 5.32. The van der Waals surface area contributed by atoms with Crippen molar-refractivity contribution in [3.8, 4) is 0 Å². The highest BCUT2D eigenvalue weighted by Crippen LogP contribution is 2.02. The molecule has 2 N–H and O–H groups in total. The molecular weight excluding hydrogens is 331 g/mol. The van der Waals surface area contributed by atoms with E-state index in [-0.39, 0.29) is 29.5 Å². The Hall–Kier alpha value is -0.790. The Labute approximate surface area is 119 Å². The van der Waals surface area contributed by atoms with E-state index >= 15 is 0 Å². The maximum Gasteiger partial charge on any atom is 0.191 e. The van der Waals surface area contributed by atoms with Gasteiger partial charge in [-0.15, -0.1) is 24.0 Å². The Morgan fingerprint density at radius 1 is 1.47 bits per heavy atom. The molecule has 0 saturated carbocycles. The van der Waals surface area contributed by atoms with Crippen LogP contribution < -0.4 is 10.6 Å². The number of hydrogen-bond donors (Lipinski definition) is 2. The Morgan fingerprint density at radius 2 is 2.12 bits per heavy atom. The first-order valence-corrected chi connectivity index (χ1v) is 5.32. The van der Waals surface area contributed by atoms with Crippen LogP contribution in [-0.2, 0) is 6.54 Å². The van der Waals surface area contributed by atoms with E-state index in [0.29, 0.717) is 6.54 Å². The van der Waals surface area contributed by atoms with Gasteiger partial charge < -0.3 is 15.2 Å². The van der Waals surface area contributed by atoms with E-state index in [9.17, 15) is 0 Å². The monoisotopic (exact) mass is 352 g/mol. The van der Waals surface area contributed by atoms with Crippen molar-refractivity contribution in [2.45, 2.75) is 39.8 Å². The van der Waals surface area contributed by atoms with Crippen LogP contribution in [0.1, 0.15) is 32.2 Å². The number of aliphatic imine (C=N–C) groups is 1. The molecule has 1 aromatic heterocycles. The summed E-state index contributed by atoms with van der Waals surface area (Å²) in [6.45, 7) is 8.72. The molecule has 0 aliphatic carbocycles. The standard InChI is InChI=1S/C11H20N4O.HI/c1-8-6-9(16-15-8)7-13-10(12-5)14-11(2,3)4;/h6H,7H2,1-5H3,(H2,12,13,14);1H. The summed E-state index contributed by atoms with van der Waals surface area (Å²) in [5.74, 6) is 1.55. The number of hydrogen-bond acceptors (Lipinski definition) is 3. The lowest BCUT2D eigenvalue weighted by Crippen LogP contribution is -2.47. The number of halogens is 1. The molecule has 1 heterocycles. The highest BCUT2D eigenvalue weighted by atomic mass is 127. The minimum Gasteiger partial charge on any atom is -0.359 e. The lowest BCUT2D eigenvalue weighted by atomic mass is 10.1. The van der Waals surface area contributed by atoms with Crippen LogP contribution >= 0.6 is 24.0 Å². The van der Waals surface area contributed by atoms with Gasteiger partial charge in [-0.2, -0.15) is 0 Å². The third-order valence-electron chi connectivity index (χ3n) is 1.82. The molecule has 0 fully saturated rings. The molecule has 0 saturated heterocycles. The van der Waals surface area contributed by atoms with Crippen LogP contribution in [0, 0.1) is 6.92 Å². The molecule has 17 heavy (non-hydrogen) atoms. The van der Waals surface area contributed by atoms with E-state index in [1.54, 1.807) is 7.05 Å². The van der Waals surface area contributed by atoms with Crippen molar-refractivity contribution in [3.05, 3.63) is 17.5 Å². The Morgan fingerprint density at radius 3 is 2.53 bits per heavy atom. The van der Waals surface area contributed by atoms with Crippen molar-refractivity contribution in [1.82, 2.24) is 15.8 Å². The molecule has 0 bridgehead atoms. The summed E-state index contributed by atoms with van der Waals surface area (Å²) in [5.41, 5.74) is 0.870. The Balaban J connectivity index is 0.00000256. The predicted molar refractivity (Wildman–Crippen MR) is 79.7 cm³/mol. The average Bonchev–Trinajstić information content (AvgIpc) is 2.57. The van der Waals surface area contributed by atoms with Crippen molar-refractivity contribution in [1.29, 1.82) is 0 Å². The van der Waals surface area contributed by atoms with Gasteiger partial charge in [-0.3, -0.25) is 4.99 Å². The van der Waals surface area contributed by atoms with Crippen molar-refractivity contribution in [2.75, 3.05) is 7.05 Å². The maximum atomic E-state index is 5.09. The van der Waals surface area contributed by atoms with E-state index in [1.165, 1.54) is 0 Å². The second kappa shape index (κ2) is 6.83. The molecule has 0 aromatic carbocycles. The summed E-state index contributed by atoms with van der Waals surface area (Å²) in [6, 6.07) is 1.90. The fraction of sp³-hybridized carbons (Fsp3) is 0.636. The van der Waals surface area contributed by atoms with Crippen LogP contribution in [-0.4, -0.2) is 23.7 Å². The van der Waals surface area contributed by atoms with E-state index in [4.69, 9.17) is 4.52 Å². The second-order valence-electron chi connectivity index (χ2n) is 4.74. The minimum absolute atomic E-state index is 0. The summed E-state index contributed by atoms with van der Waals surface area (Å²) in [5, 5.41) is 10.2. The number of nitrogens with zero attached hydrogens (tertiary/aromatic N) is 2. The van der Waals surface area contributed by atoms with E-state index in [1.807, 2.05) is 13.0 Å². The molecule has 1 rings (SSSR count). The van der Waals surface area contributed by atoms with Gasteiger partial charge in [0, 0.05) is 18.7 Å². The predicted octanol–water partition coefficient (Wildman–Crippen LogP) is 2.06. The first kappa shape index (κ1) is 16.2. The molecule has 0 atom stereocenters. The molecule has 6 heteroatoms. The number of aryl methyl sites for hydroxylation is 1. The van der Waals surface area contributed by atoms with E-state index in [2.05, 4.69) is 41.6 Å². The summed E-state index contributed by atoms with van der Waals surface area (Å²) in [6.07, 6.45) is 0. The van der Waals surface area contributed by atoms with E-state index in [0.717, 1.165) is 17.4 Å². The fourth-order valence-electron chi connectivity index (χ4n) is 1.20. The van der Waals surface area contributed by atoms with Gasteiger partial charge in [0.1, 0.15) is 0 Å². The summed E-state index contributed by atoms with van der Waals surface area (Å²) in [4.78, 5) is 4.13. The van der Waals surface area contributed by atoms with Gasteiger partial charge in [0.25, 0.3) is 0 Å². The van der Waals surface area contributed by atoms with Gasteiger partial charge in [0.2, 0.25) is 0 Å². The van der Waals surface area contributed by atoms with Crippen molar-refractivity contribution in [3.63, 3.8) is 0 Å². The van der Waals surface area contributed by atoms with Crippen LogP contribution in [0.25, 0.3) is 0 Å².